The molecule has 1 N–H and O–H groups in total. The number of carbonyl (C=O) groups excluding carboxylic acids is 3. The van der Waals surface area contributed by atoms with Gasteiger partial charge in [-0.25, -0.2) is 4.79 Å². The van der Waals surface area contributed by atoms with Crippen molar-refractivity contribution in [2.24, 2.45) is 0 Å². The molecular weight excluding hydrogens is 398 g/mol. The summed E-state index contributed by atoms with van der Waals surface area (Å²) in [6, 6.07) is 8.89. The fraction of sp³-hybridized carbons (Fsp3) is 0.522. The Bertz CT molecular complexity index is 738. The van der Waals surface area contributed by atoms with Crippen molar-refractivity contribution in [3.8, 4) is 0 Å². The normalized spacial score (nSPS) is 13.1. The highest BCUT2D eigenvalue weighted by Gasteiger charge is 2.37. The number of hydrogen-bond donors (Lipinski definition) is 1. The van der Waals surface area contributed by atoms with Crippen molar-refractivity contribution in [1.29, 1.82) is 0 Å². The molecule has 166 valence electrons. The molecule has 1 rings (SSSR count). The minimum atomic E-state index is -2.03. The van der Waals surface area contributed by atoms with E-state index in [1.165, 1.54) is 13.0 Å². The van der Waals surface area contributed by atoms with Crippen LogP contribution >= 0.6 is 0 Å². The van der Waals surface area contributed by atoms with Gasteiger partial charge in [0.15, 0.2) is 14.1 Å². The minimum Gasteiger partial charge on any atom is -0.445 e. The van der Waals surface area contributed by atoms with Crippen LogP contribution in [0.5, 0.6) is 0 Å². The Kier molecular flexibility index (Phi) is 10.1. The Morgan fingerprint density at radius 1 is 1.10 bits per heavy atom. The number of nitrogens with one attached hydrogen (secondary N) is 1. The van der Waals surface area contributed by atoms with Gasteiger partial charge >= 0.3 is 6.09 Å². The van der Waals surface area contributed by atoms with Crippen LogP contribution in [0.4, 0.5) is 4.79 Å². The number of rotatable bonds is 11. The van der Waals surface area contributed by atoms with E-state index in [1.807, 2.05) is 30.3 Å². The summed E-state index contributed by atoms with van der Waals surface area (Å²) in [4.78, 5) is 35.3. The molecule has 7 heteroatoms. The maximum Gasteiger partial charge on any atom is 0.408 e. The van der Waals surface area contributed by atoms with E-state index in [0.29, 0.717) is 0 Å². The van der Waals surface area contributed by atoms with Crippen molar-refractivity contribution in [3.63, 3.8) is 0 Å². The Balaban J connectivity index is 2.73. The molecule has 0 aromatic heterocycles. The number of Topliss-reactive ketones (excluding diaryl/α,β-unsaturated/α-hetero) is 1. The molecule has 6 nitrogen and oxygen atoms in total. The van der Waals surface area contributed by atoms with E-state index in [2.05, 4.69) is 39.2 Å². The summed E-state index contributed by atoms with van der Waals surface area (Å²) < 4.78 is 11.5. The van der Waals surface area contributed by atoms with E-state index in [0.717, 1.165) is 5.56 Å². The first kappa shape index (κ1) is 25.8. The van der Waals surface area contributed by atoms with Crippen LogP contribution in [-0.4, -0.2) is 38.6 Å². The van der Waals surface area contributed by atoms with Gasteiger partial charge in [0.05, 0.1) is 12.6 Å². The van der Waals surface area contributed by atoms with Crippen LogP contribution in [0.2, 0.25) is 18.1 Å². The average molecular weight is 434 g/mol. The molecule has 0 aliphatic heterocycles. The molecule has 1 unspecified atom stereocenters. The third-order valence-corrected chi connectivity index (χ3v) is 9.68. The number of alkyl carbamates (subject to hydrolysis) is 1. The van der Waals surface area contributed by atoms with E-state index in [-0.39, 0.29) is 42.7 Å². The van der Waals surface area contributed by atoms with Crippen molar-refractivity contribution in [2.45, 2.75) is 71.3 Å². The molecule has 0 saturated heterocycles. The largest absolute Gasteiger partial charge is 0.445 e. The van der Waals surface area contributed by atoms with Crippen LogP contribution in [0.3, 0.4) is 0 Å². The summed E-state index contributed by atoms with van der Waals surface area (Å²) in [5.74, 6) is -0.195. The van der Waals surface area contributed by atoms with Crippen LogP contribution in [0.15, 0.2) is 42.5 Å². The Hall–Kier alpha value is -2.25. The lowest BCUT2D eigenvalue weighted by Crippen LogP contribution is -2.45. The number of ketones is 2. The van der Waals surface area contributed by atoms with Gasteiger partial charge in [0.1, 0.15) is 12.4 Å². The standard InChI is InChI=1S/C23H35NO5Si/c1-18(25)12-14-21(26)15-13-20(17-29-30(5,6)23(2,3)4)24-22(27)28-16-19-10-8-7-9-11-19/h7-11,13,15,20H,12,14,16-17H2,1-6H3,(H,24,27)/b15-13+. The number of allylic oxidation sites excluding steroid dienone is 1. The van der Waals surface area contributed by atoms with Crippen LogP contribution in [0.25, 0.3) is 0 Å². The molecule has 0 aliphatic rings. The highest BCUT2D eigenvalue weighted by Crippen LogP contribution is 2.36. The molecule has 1 amide bonds. The van der Waals surface area contributed by atoms with Gasteiger partial charge in [-0.15, -0.1) is 0 Å². The number of carbonyl (C=O) groups is 3. The van der Waals surface area contributed by atoms with Crippen molar-refractivity contribution in [2.75, 3.05) is 6.61 Å². The third-order valence-electron chi connectivity index (χ3n) is 5.18. The summed E-state index contributed by atoms with van der Waals surface area (Å²) >= 11 is 0. The van der Waals surface area contributed by atoms with E-state index in [4.69, 9.17) is 9.16 Å². The molecular formula is C23H35NO5Si. The average Bonchev–Trinajstić information content (AvgIpc) is 2.66. The van der Waals surface area contributed by atoms with Crippen molar-refractivity contribution >= 4 is 26.0 Å². The topological polar surface area (TPSA) is 81.7 Å². The lowest BCUT2D eigenvalue weighted by molar-refractivity contribution is -0.120. The molecule has 0 saturated carbocycles. The maximum absolute atomic E-state index is 12.3. The molecule has 0 spiro atoms. The molecule has 1 atom stereocenters. The number of ether oxygens (including phenoxy) is 1. The van der Waals surface area contributed by atoms with Crippen LogP contribution < -0.4 is 5.32 Å². The molecule has 0 fully saturated rings. The third kappa shape index (κ3) is 9.98. The van der Waals surface area contributed by atoms with E-state index < -0.39 is 20.5 Å². The van der Waals surface area contributed by atoms with Gasteiger partial charge in [0.25, 0.3) is 0 Å². The van der Waals surface area contributed by atoms with E-state index >= 15 is 0 Å². The lowest BCUT2D eigenvalue weighted by Gasteiger charge is -2.37. The summed E-state index contributed by atoms with van der Waals surface area (Å²) in [6.45, 7) is 12.5. The second kappa shape index (κ2) is 11.8. The SMILES string of the molecule is CC(=O)CCC(=O)/C=C/C(CO[Si](C)(C)C(C)(C)C)NC(=O)OCc1ccccc1. The maximum atomic E-state index is 12.3. The van der Waals surface area contributed by atoms with Gasteiger partial charge in [-0.1, -0.05) is 57.2 Å². The quantitative estimate of drug-likeness (QED) is 0.400. The molecule has 0 radical (unpaired) electrons. The van der Waals surface area contributed by atoms with Crippen LogP contribution in [0, 0.1) is 0 Å². The Morgan fingerprint density at radius 2 is 1.73 bits per heavy atom. The first-order valence-electron chi connectivity index (χ1n) is 10.2. The summed E-state index contributed by atoms with van der Waals surface area (Å²) in [7, 11) is -2.03. The smallest absolute Gasteiger partial charge is 0.408 e. The lowest BCUT2D eigenvalue weighted by atomic mass is 10.1. The van der Waals surface area contributed by atoms with Gasteiger partial charge < -0.3 is 19.3 Å². The minimum absolute atomic E-state index is 0.0202. The number of hydrogen-bond acceptors (Lipinski definition) is 5. The number of benzene rings is 1. The highest BCUT2D eigenvalue weighted by atomic mass is 28.4. The molecule has 1 aromatic carbocycles. The summed E-state index contributed by atoms with van der Waals surface area (Å²) in [6.07, 6.45) is 2.80. The highest BCUT2D eigenvalue weighted by molar-refractivity contribution is 6.74. The first-order chi connectivity index (χ1) is 13.9. The van der Waals surface area contributed by atoms with E-state index in [9.17, 15) is 14.4 Å². The predicted octanol–water partition coefficient (Wildman–Crippen LogP) is 4.80. The van der Waals surface area contributed by atoms with Crippen molar-refractivity contribution in [3.05, 3.63) is 48.0 Å². The molecule has 0 aliphatic carbocycles. The second-order valence-electron chi connectivity index (χ2n) is 8.91. The van der Waals surface area contributed by atoms with E-state index in [1.54, 1.807) is 6.08 Å². The molecule has 0 heterocycles. The number of amides is 1. The van der Waals surface area contributed by atoms with Crippen molar-refractivity contribution < 1.29 is 23.5 Å². The van der Waals surface area contributed by atoms with Gasteiger partial charge in [-0.05, 0) is 36.7 Å². The summed E-state index contributed by atoms with van der Waals surface area (Å²) in [5.41, 5.74) is 0.886. The van der Waals surface area contributed by atoms with Crippen molar-refractivity contribution in [1.82, 2.24) is 5.32 Å². The van der Waals surface area contributed by atoms with Crippen LogP contribution in [-0.2, 0) is 25.4 Å². The summed E-state index contributed by atoms with van der Waals surface area (Å²) in [5, 5.41) is 2.78. The molecule has 1 aromatic rings. The fourth-order valence-corrected chi connectivity index (χ4v) is 3.21. The zero-order valence-corrected chi connectivity index (χ0v) is 20.0. The predicted molar refractivity (Wildman–Crippen MR) is 121 cm³/mol. The monoisotopic (exact) mass is 433 g/mol. The zero-order valence-electron chi connectivity index (χ0n) is 19.0. The van der Waals surface area contributed by atoms with Gasteiger partial charge in [-0.2, -0.15) is 0 Å². The zero-order chi connectivity index (χ0) is 22.8. The van der Waals surface area contributed by atoms with Crippen LogP contribution in [0.1, 0.15) is 46.1 Å². The second-order valence-corrected chi connectivity index (χ2v) is 13.7. The van der Waals surface area contributed by atoms with Gasteiger partial charge in [0, 0.05) is 12.8 Å². The van der Waals surface area contributed by atoms with Gasteiger partial charge in [-0.3, -0.25) is 4.79 Å². The van der Waals surface area contributed by atoms with Gasteiger partial charge in [0.2, 0.25) is 0 Å². The fourth-order valence-electron chi connectivity index (χ4n) is 2.18. The molecule has 30 heavy (non-hydrogen) atoms. The Labute approximate surface area is 181 Å². The first-order valence-corrected chi connectivity index (χ1v) is 13.1. The Morgan fingerprint density at radius 3 is 2.30 bits per heavy atom. The molecule has 0 bridgehead atoms.